The number of fused-ring (bicyclic) bond motifs is 4. The Morgan fingerprint density at radius 1 is 0.637 bits per heavy atom. The Hall–Kier alpha value is -7.61. The van der Waals surface area contributed by atoms with Gasteiger partial charge in [-0.25, -0.2) is 17.6 Å². The maximum absolute atomic E-state index is 14.3. The molecule has 5 aromatic rings. The molecule has 0 saturated heterocycles. The number of nitrogens with zero attached hydrogens (tertiary/aromatic N) is 6. The second kappa shape index (κ2) is 23.6. The lowest BCUT2D eigenvalue weighted by Gasteiger charge is -2.57. The molecule has 9 rings (SSSR count). The first-order valence-corrected chi connectivity index (χ1v) is 26.3. The summed E-state index contributed by atoms with van der Waals surface area (Å²) in [6.07, 6.45) is 4.19. The van der Waals surface area contributed by atoms with E-state index in [-0.39, 0.29) is 126 Å². The number of aromatic hydroxyl groups is 1. The molecular weight excluding hydrogens is 1060 g/mol. The topological polar surface area (TPSA) is 189 Å². The van der Waals surface area contributed by atoms with Crippen LogP contribution in [0.2, 0.25) is 0 Å². The van der Waals surface area contributed by atoms with Crippen molar-refractivity contribution in [2.45, 2.75) is 135 Å². The molecule has 4 heterocycles. The van der Waals surface area contributed by atoms with Crippen molar-refractivity contribution in [1.29, 1.82) is 0 Å². The molecular formula is C59H65ClF4N6O10. The van der Waals surface area contributed by atoms with Crippen molar-refractivity contribution in [3.05, 3.63) is 162 Å². The zero-order valence-corrected chi connectivity index (χ0v) is 46.6. The van der Waals surface area contributed by atoms with Crippen LogP contribution in [-0.4, -0.2) is 120 Å². The quantitative estimate of drug-likeness (QED) is 0.0795. The van der Waals surface area contributed by atoms with Crippen molar-refractivity contribution < 1.29 is 56.2 Å². The second-order valence-corrected chi connectivity index (χ2v) is 21.8. The van der Waals surface area contributed by atoms with Crippen LogP contribution >= 0.6 is 12.4 Å². The number of ketones is 2. The van der Waals surface area contributed by atoms with E-state index >= 15 is 0 Å². The van der Waals surface area contributed by atoms with E-state index in [1.165, 1.54) is 42.9 Å². The highest BCUT2D eigenvalue weighted by molar-refractivity contribution is 6.01. The molecule has 0 bridgehead atoms. The largest absolute Gasteiger partial charge is 0.503 e. The smallest absolute Gasteiger partial charge is 0.274 e. The van der Waals surface area contributed by atoms with Gasteiger partial charge in [0, 0.05) is 103 Å². The first-order valence-electron chi connectivity index (χ1n) is 26.3. The van der Waals surface area contributed by atoms with Crippen molar-refractivity contribution >= 4 is 47.6 Å². The summed E-state index contributed by atoms with van der Waals surface area (Å²) in [5, 5.41) is 10.8. The molecule has 426 valence electrons. The molecule has 2 aliphatic carbocycles. The molecule has 80 heavy (non-hydrogen) atoms. The maximum atomic E-state index is 14.3. The second-order valence-electron chi connectivity index (χ2n) is 21.8. The summed E-state index contributed by atoms with van der Waals surface area (Å²) in [6, 6.07) is 14.8. The average molecular weight is 1130 g/mol. The fraction of sp³-hybridized carbons (Fsp3) is 0.424. The van der Waals surface area contributed by atoms with E-state index < -0.39 is 68.4 Å². The third-order valence-electron chi connectivity index (χ3n) is 16.1. The van der Waals surface area contributed by atoms with Crippen molar-refractivity contribution in [3.8, 4) is 11.5 Å². The zero-order chi connectivity index (χ0) is 57.6. The number of rotatable bonds is 15. The fourth-order valence-electron chi connectivity index (χ4n) is 11.2. The Morgan fingerprint density at radius 2 is 1.05 bits per heavy atom. The van der Waals surface area contributed by atoms with Gasteiger partial charge in [0.2, 0.25) is 22.7 Å². The molecule has 3 aromatic carbocycles. The summed E-state index contributed by atoms with van der Waals surface area (Å²) < 4.78 is 64.2. The molecule has 21 heteroatoms. The highest BCUT2D eigenvalue weighted by Crippen LogP contribution is 2.49. The van der Waals surface area contributed by atoms with E-state index in [2.05, 4.69) is 0 Å². The SMILES string of the molecule is CC(=O)N(C)C1CC2(C1)CN(C(C)C)C(=O)c1c(O)c(=O)c(C(=O)CCc3ccc(F)cc3F)cn12.CC(=O)N(C)C1CC2(C1)CN(C(C)C)C(=O)c1c(OCc3ccccc3)c(=O)c(C(=O)CCc3ccc(F)cc3F)cn12.Cl. The number of halogens is 5. The number of carbonyl (C=O) groups is 6. The molecule has 2 fully saturated rings. The van der Waals surface area contributed by atoms with E-state index in [4.69, 9.17) is 4.74 Å². The maximum Gasteiger partial charge on any atom is 0.274 e. The number of amides is 4. The number of pyridine rings is 2. The van der Waals surface area contributed by atoms with Crippen LogP contribution in [0.4, 0.5) is 17.6 Å². The van der Waals surface area contributed by atoms with Gasteiger partial charge in [-0.2, -0.15) is 0 Å². The lowest BCUT2D eigenvalue weighted by Crippen LogP contribution is -2.65. The van der Waals surface area contributed by atoms with Gasteiger partial charge < -0.3 is 38.6 Å². The minimum absolute atomic E-state index is 0. The van der Waals surface area contributed by atoms with Crippen LogP contribution in [0.5, 0.6) is 11.5 Å². The predicted molar refractivity (Wildman–Crippen MR) is 290 cm³/mol. The van der Waals surface area contributed by atoms with Gasteiger partial charge in [-0.05, 0) is 95.0 Å². The van der Waals surface area contributed by atoms with Crippen molar-refractivity contribution in [2.75, 3.05) is 27.2 Å². The number of hydrogen-bond donors (Lipinski definition) is 1. The average Bonchev–Trinajstić information content (AvgIpc) is 3.52. The Bertz CT molecular complexity index is 3390. The van der Waals surface area contributed by atoms with Crippen molar-refractivity contribution in [3.63, 3.8) is 0 Å². The normalized spacial score (nSPS) is 19.8. The van der Waals surface area contributed by atoms with Crippen LogP contribution < -0.4 is 15.6 Å². The monoisotopic (exact) mass is 1130 g/mol. The van der Waals surface area contributed by atoms with E-state index in [0.29, 0.717) is 38.8 Å². The Balaban J connectivity index is 0.000000232. The van der Waals surface area contributed by atoms with E-state index in [1.807, 2.05) is 58.0 Å². The third kappa shape index (κ3) is 11.5. The minimum atomic E-state index is -0.961. The van der Waals surface area contributed by atoms with Crippen LogP contribution in [0.25, 0.3) is 0 Å². The molecule has 16 nitrogen and oxygen atoms in total. The van der Waals surface area contributed by atoms with E-state index in [0.717, 1.165) is 29.8 Å². The molecule has 0 unspecified atom stereocenters. The number of aryl methyl sites for hydroxylation is 2. The number of benzene rings is 3. The highest BCUT2D eigenvalue weighted by Gasteiger charge is 2.56. The summed E-state index contributed by atoms with van der Waals surface area (Å²) in [5.41, 5.74) is -2.55. The van der Waals surface area contributed by atoms with Crippen LogP contribution in [0.15, 0.2) is 88.7 Å². The van der Waals surface area contributed by atoms with Gasteiger partial charge in [-0.1, -0.05) is 42.5 Å². The van der Waals surface area contributed by atoms with Gasteiger partial charge in [0.15, 0.2) is 34.5 Å². The molecule has 2 aliphatic heterocycles. The van der Waals surface area contributed by atoms with Gasteiger partial charge in [0.05, 0.1) is 22.2 Å². The zero-order valence-electron chi connectivity index (χ0n) is 45.8. The van der Waals surface area contributed by atoms with Crippen LogP contribution in [0.1, 0.15) is 138 Å². The summed E-state index contributed by atoms with van der Waals surface area (Å²) in [4.78, 5) is 111. The van der Waals surface area contributed by atoms with Crippen molar-refractivity contribution in [1.82, 2.24) is 28.7 Å². The number of ether oxygens (including phenoxy) is 1. The summed E-state index contributed by atoms with van der Waals surface area (Å²) in [5.74, 6) is -6.26. The molecule has 2 saturated carbocycles. The van der Waals surface area contributed by atoms with E-state index in [9.17, 15) is 61.0 Å². The minimum Gasteiger partial charge on any atom is -0.503 e. The van der Waals surface area contributed by atoms with Gasteiger partial charge in [0.1, 0.15) is 29.9 Å². The standard InChI is InChI=1S/C33H35F2N3O5.C26H29F2N3O5.ClH/c1-20(2)37-19-33(15-25(16-33)36(4)21(3)39)38-17-26(28(40)13-11-23-10-12-24(34)14-27(23)35)30(41)31(29(38)32(37)42)43-18-22-8-6-5-7-9-22;1-14(2)30-13-26(10-18(11-26)29(4)15(3)32)31-12-19(23(34)24(35)22(31)25(30)36)21(33)8-6-16-5-7-17(27)9-20(16)28;/h5-10,12,14,17,20,25H,11,13,15-16,18-19H2,1-4H3;5,7,9,12,14,18,35H,6,8,10-11,13H2,1-4H3;1H. The Kier molecular flexibility index (Phi) is 17.7. The third-order valence-corrected chi connectivity index (χ3v) is 16.1. The van der Waals surface area contributed by atoms with Crippen molar-refractivity contribution in [2.24, 2.45) is 0 Å². The van der Waals surface area contributed by atoms with Gasteiger partial charge >= 0.3 is 0 Å². The van der Waals surface area contributed by atoms with Gasteiger partial charge in [-0.15, -0.1) is 12.4 Å². The molecule has 0 atom stereocenters. The van der Waals surface area contributed by atoms with Crippen LogP contribution in [0, 0.1) is 23.3 Å². The molecule has 2 aromatic heterocycles. The molecule has 4 aliphatic rings. The fourth-order valence-corrected chi connectivity index (χ4v) is 11.2. The molecule has 0 radical (unpaired) electrons. The number of hydrogen-bond acceptors (Lipinski definition) is 10. The molecule has 2 spiro atoms. The highest BCUT2D eigenvalue weighted by atomic mass is 35.5. The Labute approximate surface area is 466 Å². The van der Waals surface area contributed by atoms with Gasteiger partial charge in [-0.3, -0.25) is 38.4 Å². The lowest BCUT2D eigenvalue weighted by atomic mass is 9.69. The summed E-state index contributed by atoms with van der Waals surface area (Å²) in [7, 11) is 3.43. The van der Waals surface area contributed by atoms with Crippen LogP contribution in [-0.2, 0) is 40.1 Å². The lowest BCUT2D eigenvalue weighted by molar-refractivity contribution is -0.135. The Morgan fingerprint density at radius 3 is 1.46 bits per heavy atom. The molecule has 4 amide bonds. The number of aromatic nitrogens is 2. The van der Waals surface area contributed by atoms with E-state index in [1.54, 1.807) is 38.3 Å². The van der Waals surface area contributed by atoms with Gasteiger partial charge in [0.25, 0.3) is 11.8 Å². The first-order chi connectivity index (χ1) is 37.3. The van der Waals surface area contributed by atoms with Crippen LogP contribution in [0.3, 0.4) is 0 Å². The predicted octanol–water partition coefficient (Wildman–Crippen LogP) is 7.99. The summed E-state index contributed by atoms with van der Waals surface area (Å²) in [6.45, 7) is 11.1. The summed E-state index contributed by atoms with van der Waals surface area (Å²) >= 11 is 0. The number of carbonyl (C=O) groups excluding carboxylic acids is 6. The first kappa shape index (κ1) is 60.0. The molecule has 1 N–H and O–H groups in total. The number of Topliss-reactive ketones (excluding diaryl/α,β-unsaturated/α-hetero) is 2.